The van der Waals surface area contributed by atoms with Gasteiger partial charge in [0.25, 0.3) is 0 Å². The zero-order chi connectivity index (χ0) is 14.0. The second kappa shape index (κ2) is 5.59. The van der Waals surface area contributed by atoms with Crippen LogP contribution >= 0.6 is 0 Å². The Balaban J connectivity index is 2.05. The fourth-order valence-electron chi connectivity index (χ4n) is 2.71. The molecular formula is C14H27N5. The van der Waals surface area contributed by atoms with Gasteiger partial charge in [-0.25, -0.2) is 0 Å². The summed E-state index contributed by atoms with van der Waals surface area (Å²) >= 11 is 0. The van der Waals surface area contributed by atoms with Crippen LogP contribution in [0.25, 0.3) is 0 Å². The van der Waals surface area contributed by atoms with Gasteiger partial charge in [0.2, 0.25) is 0 Å². The Morgan fingerprint density at radius 3 is 2.68 bits per heavy atom. The minimum atomic E-state index is 0.291. The van der Waals surface area contributed by atoms with Crippen LogP contribution in [0.4, 0.5) is 0 Å². The van der Waals surface area contributed by atoms with Crippen molar-refractivity contribution in [2.24, 2.45) is 12.5 Å². The van der Waals surface area contributed by atoms with Crippen molar-refractivity contribution in [1.29, 1.82) is 0 Å². The van der Waals surface area contributed by atoms with Crippen molar-refractivity contribution in [2.45, 2.75) is 52.7 Å². The van der Waals surface area contributed by atoms with E-state index >= 15 is 0 Å². The van der Waals surface area contributed by atoms with Crippen molar-refractivity contribution in [3.8, 4) is 0 Å². The molecule has 1 N–H and O–H groups in total. The molecule has 0 bridgehead atoms. The third-order valence-corrected chi connectivity index (χ3v) is 4.07. The van der Waals surface area contributed by atoms with Gasteiger partial charge in [-0.2, -0.15) is 0 Å². The van der Waals surface area contributed by atoms with Gasteiger partial charge in [0.15, 0.2) is 0 Å². The Bertz CT molecular complexity index is 406. The number of hydrogen-bond acceptors (Lipinski definition) is 4. The molecule has 2 atom stereocenters. The summed E-state index contributed by atoms with van der Waals surface area (Å²) in [6.45, 7) is 12.2. The first kappa shape index (κ1) is 14.5. The van der Waals surface area contributed by atoms with Gasteiger partial charge in [-0.3, -0.25) is 9.58 Å². The first-order valence-electron chi connectivity index (χ1n) is 7.22. The van der Waals surface area contributed by atoms with Crippen molar-refractivity contribution in [1.82, 2.24) is 25.2 Å². The third kappa shape index (κ3) is 3.54. The summed E-state index contributed by atoms with van der Waals surface area (Å²) in [7, 11) is 1.92. The van der Waals surface area contributed by atoms with E-state index in [0.717, 1.165) is 25.3 Å². The predicted molar refractivity (Wildman–Crippen MR) is 76.7 cm³/mol. The van der Waals surface area contributed by atoms with Gasteiger partial charge in [-0.1, -0.05) is 32.9 Å². The van der Waals surface area contributed by atoms with E-state index in [4.69, 9.17) is 0 Å². The Hall–Kier alpha value is -0.940. The molecule has 0 aromatic carbocycles. The van der Waals surface area contributed by atoms with E-state index in [9.17, 15) is 0 Å². The molecule has 1 aromatic heterocycles. The lowest BCUT2D eigenvalue weighted by Gasteiger charge is -2.44. The van der Waals surface area contributed by atoms with E-state index in [-0.39, 0.29) is 0 Å². The second-order valence-electron chi connectivity index (χ2n) is 6.70. The second-order valence-corrected chi connectivity index (χ2v) is 6.70. The van der Waals surface area contributed by atoms with Crippen molar-refractivity contribution in [3.05, 3.63) is 11.9 Å². The molecule has 1 fully saturated rings. The lowest BCUT2D eigenvalue weighted by molar-refractivity contribution is 0.0765. The van der Waals surface area contributed by atoms with Gasteiger partial charge in [-0.05, 0) is 11.8 Å². The zero-order valence-corrected chi connectivity index (χ0v) is 12.8. The van der Waals surface area contributed by atoms with Gasteiger partial charge in [0.1, 0.15) is 0 Å². The van der Waals surface area contributed by atoms with E-state index in [1.807, 2.05) is 13.2 Å². The molecule has 1 aliphatic heterocycles. The summed E-state index contributed by atoms with van der Waals surface area (Å²) in [6.07, 6.45) is 3.19. The average molecular weight is 265 g/mol. The predicted octanol–water partition coefficient (Wildman–Crippen LogP) is 1.41. The van der Waals surface area contributed by atoms with Gasteiger partial charge >= 0.3 is 0 Å². The van der Waals surface area contributed by atoms with E-state index in [1.165, 1.54) is 6.42 Å². The summed E-state index contributed by atoms with van der Waals surface area (Å²) in [6, 6.07) is 1.13. The molecule has 1 aromatic rings. The number of hydrogen-bond donors (Lipinski definition) is 1. The highest BCUT2D eigenvalue weighted by molar-refractivity contribution is 4.97. The smallest absolute Gasteiger partial charge is 0.0967 e. The fourth-order valence-corrected chi connectivity index (χ4v) is 2.71. The van der Waals surface area contributed by atoms with E-state index in [0.29, 0.717) is 17.5 Å². The minimum Gasteiger partial charge on any atom is -0.311 e. The molecule has 1 saturated heterocycles. The molecule has 0 aliphatic carbocycles. The highest BCUT2D eigenvalue weighted by Gasteiger charge is 2.33. The molecular weight excluding hydrogens is 238 g/mol. The molecule has 0 saturated carbocycles. The molecule has 0 spiro atoms. The zero-order valence-electron chi connectivity index (χ0n) is 12.8. The maximum absolute atomic E-state index is 4.22. The minimum absolute atomic E-state index is 0.291. The first-order valence-corrected chi connectivity index (χ1v) is 7.22. The molecule has 108 valence electrons. The standard InChI is InChI=1S/C14H27N5/c1-6-12-7-15-13(14(2,3)4)10-19(12)9-11-8-18(5)17-16-11/h8,12-13,15H,6-7,9-10H2,1-5H3. The molecule has 5 nitrogen and oxygen atoms in total. The SMILES string of the molecule is CCC1CNC(C(C)(C)C)CN1Cc1cn(C)nn1. The maximum Gasteiger partial charge on any atom is 0.0967 e. The summed E-state index contributed by atoms with van der Waals surface area (Å²) in [5.41, 5.74) is 1.36. The summed E-state index contributed by atoms with van der Waals surface area (Å²) < 4.78 is 1.78. The van der Waals surface area contributed by atoms with E-state index in [1.54, 1.807) is 4.68 Å². The molecule has 1 aliphatic rings. The van der Waals surface area contributed by atoms with Crippen molar-refractivity contribution in [3.63, 3.8) is 0 Å². The third-order valence-electron chi connectivity index (χ3n) is 4.07. The Morgan fingerprint density at radius 2 is 2.16 bits per heavy atom. The lowest BCUT2D eigenvalue weighted by Crippen LogP contribution is -2.59. The van der Waals surface area contributed by atoms with Gasteiger partial charge in [0, 0.05) is 45.0 Å². The topological polar surface area (TPSA) is 46.0 Å². The van der Waals surface area contributed by atoms with E-state index < -0.39 is 0 Å². The number of aromatic nitrogens is 3. The Labute approximate surface area is 116 Å². The molecule has 19 heavy (non-hydrogen) atoms. The van der Waals surface area contributed by atoms with Gasteiger partial charge in [0.05, 0.1) is 5.69 Å². The Kier molecular flexibility index (Phi) is 4.26. The van der Waals surface area contributed by atoms with Crippen LogP contribution in [0, 0.1) is 5.41 Å². The van der Waals surface area contributed by atoms with Crippen molar-refractivity contribution in [2.75, 3.05) is 13.1 Å². The average Bonchev–Trinajstić information content (AvgIpc) is 2.73. The van der Waals surface area contributed by atoms with Gasteiger partial charge in [-0.15, -0.1) is 5.10 Å². The van der Waals surface area contributed by atoms with Crippen molar-refractivity contribution < 1.29 is 0 Å². The highest BCUT2D eigenvalue weighted by Crippen LogP contribution is 2.25. The van der Waals surface area contributed by atoms with Crippen LogP contribution in [0.3, 0.4) is 0 Å². The van der Waals surface area contributed by atoms with Crippen LogP contribution in [0.15, 0.2) is 6.20 Å². The number of nitrogens with zero attached hydrogens (tertiary/aromatic N) is 4. The number of nitrogens with one attached hydrogen (secondary N) is 1. The lowest BCUT2D eigenvalue weighted by atomic mass is 9.84. The molecule has 0 amide bonds. The number of aryl methyl sites for hydroxylation is 1. The van der Waals surface area contributed by atoms with Gasteiger partial charge < -0.3 is 5.32 Å². The van der Waals surface area contributed by atoms with Crippen LogP contribution in [0.2, 0.25) is 0 Å². The largest absolute Gasteiger partial charge is 0.311 e. The molecule has 2 heterocycles. The van der Waals surface area contributed by atoms with Crippen LogP contribution < -0.4 is 5.32 Å². The van der Waals surface area contributed by atoms with Crippen LogP contribution in [0.5, 0.6) is 0 Å². The maximum atomic E-state index is 4.22. The summed E-state index contributed by atoms with van der Waals surface area (Å²) in [4.78, 5) is 2.55. The first-order chi connectivity index (χ1) is 8.90. The molecule has 5 heteroatoms. The molecule has 0 radical (unpaired) electrons. The Morgan fingerprint density at radius 1 is 1.42 bits per heavy atom. The summed E-state index contributed by atoms with van der Waals surface area (Å²) in [5, 5.41) is 11.9. The van der Waals surface area contributed by atoms with Crippen LogP contribution in [0.1, 0.15) is 39.8 Å². The normalized spacial score (nSPS) is 25.7. The number of rotatable bonds is 3. The van der Waals surface area contributed by atoms with Crippen LogP contribution in [-0.2, 0) is 13.6 Å². The monoisotopic (exact) mass is 265 g/mol. The summed E-state index contributed by atoms with van der Waals surface area (Å²) in [5.74, 6) is 0. The van der Waals surface area contributed by atoms with E-state index in [2.05, 4.69) is 48.2 Å². The molecule has 2 unspecified atom stereocenters. The quantitative estimate of drug-likeness (QED) is 0.897. The number of piperazine rings is 1. The molecule has 2 rings (SSSR count). The van der Waals surface area contributed by atoms with Crippen LogP contribution in [-0.4, -0.2) is 45.1 Å². The fraction of sp³-hybridized carbons (Fsp3) is 0.857. The highest BCUT2D eigenvalue weighted by atomic mass is 15.4. The van der Waals surface area contributed by atoms with Crippen molar-refractivity contribution >= 4 is 0 Å².